The van der Waals surface area contributed by atoms with Crippen molar-refractivity contribution in [2.75, 3.05) is 12.0 Å². The largest absolute Gasteiger partial charge is 0.493 e. The Morgan fingerprint density at radius 2 is 1.62 bits per heavy atom. The number of nitrogens with zero attached hydrogens (tertiary/aromatic N) is 1. The van der Waals surface area contributed by atoms with Crippen molar-refractivity contribution in [3.05, 3.63) is 105 Å². The van der Waals surface area contributed by atoms with Gasteiger partial charge < -0.3 is 9.47 Å². The SMILES string of the molecule is C=CCc1cc(/C=C2\C(=O)NC(=O)N(c3ccc(C45CC6CC(CC(C6)C4)C5)cc3)C2=O)cc(OC)c1OCc1ccc(Cl)c(Cl)c1. The van der Waals surface area contributed by atoms with Gasteiger partial charge in [0.25, 0.3) is 11.8 Å². The highest BCUT2D eigenvalue weighted by atomic mass is 35.5. The van der Waals surface area contributed by atoms with Crippen LogP contribution in [-0.2, 0) is 28.0 Å². The van der Waals surface area contributed by atoms with E-state index in [1.807, 2.05) is 24.3 Å². The lowest BCUT2D eigenvalue weighted by molar-refractivity contribution is -0.122. The van der Waals surface area contributed by atoms with Crippen molar-refractivity contribution in [2.45, 2.75) is 57.0 Å². The molecule has 5 fully saturated rings. The van der Waals surface area contributed by atoms with Gasteiger partial charge in [0.1, 0.15) is 12.2 Å². The number of allylic oxidation sites excluding steroid dienone is 1. The Bertz CT molecular complexity index is 1780. The molecule has 1 aliphatic heterocycles. The molecule has 0 radical (unpaired) electrons. The van der Waals surface area contributed by atoms with Crippen molar-refractivity contribution >= 4 is 52.8 Å². The van der Waals surface area contributed by atoms with E-state index >= 15 is 0 Å². The fourth-order valence-corrected chi connectivity index (χ4v) is 8.98. The fraction of sp³-hybridized carbons (Fsp3) is 0.342. The molecule has 4 amide bonds. The molecule has 0 atom stereocenters. The van der Waals surface area contributed by atoms with Gasteiger partial charge in [0.05, 0.1) is 22.8 Å². The van der Waals surface area contributed by atoms with Crippen LogP contribution in [0.1, 0.15) is 60.8 Å². The molecule has 0 spiro atoms. The second kappa shape index (κ2) is 12.5. The molecule has 3 aromatic carbocycles. The Hall–Kier alpha value is -4.07. The van der Waals surface area contributed by atoms with Gasteiger partial charge in [-0.1, -0.05) is 47.5 Å². The summed E-state index contributed by atoms with van der Waals surface area (Å²) in [6, 6.07) is 15.8. The van der Waals surface area contributed by atoms with E-state index in [4.69, 9.17) is 32.7 Å². The minimum absolute atomic E-state index is 0.161. The average Bonchev–Trinajstić information content (AvgIpc) is 3.03. The number of nitrogens with one attached hydrogen (secondary N) is 1. The third-order valence-electron chi connectivity index (χ3n) is 10.3. The third-order valence-corrected chi connectivity index (χ3v) is 11.0. The van der Waals surface area contributed by atoms with Crippen molar-refractivity contribution < 1.29 is 23.9 Å². The predicted octanol–water partition coefficient (Wildman–Crippen LogP) is 8.44. The van der Waals surface area contributed by atoms with Gasteiger partial charge in [-0.3, -0.25) is 14.9 Å². The van der Waals surface area contributed by atoms with Crippen LogP contribution in [0.5, 0.6) is 11.5 Å². The van der Waals surface area contributed by atoms with Gasteiger partial charge in [-0.2, -0.15) is 0 Å². The maximum Gasteiger partial charge on any atom is 0.335 e. The lowest BCUT2D eigenvalue weighted by Gasteiger charge is -2.57. The second-order valence-corrected chi connectivity index (χ2v) is 14.3. The Labute approximate surface area is 284 Å². The Morgan fingerprint density at radius 1 is 0.936 bits per heavy atom. The lowest BCUT2D eigenvalue weighted by Crippen LogP contribution is -2.54. The quantitative estimate of drug-likeness (QED) is 0.140. The van der Waals surface area contributed by atoms with Crippen LogP contribution in [0.4, 0.5) is 10.5 Å². The highest BCUT2D eigenvalue weighted by Crippen LogP contribution is 2.60. The summed E-state index contributed by atoms with van der Waals surface area (Å²) in [5.41, 5.74) is 3.84. The molecule has 1 saturated heterocycles. The molecule has 8 rings (SSSR count). The number of halogens is 2. The number of amides is 4. The molecular weight excluding hydrogens is 635 g/mol. The van der Waals surface area contributed by atoms with Gasteiger partial charge >= 0.3 is 6.03 Å². The summed E-state index contributed by atoms with van der Waals surface area (Å²) in [5.74, 6) is 1.88. The number of ether oxygens (including phenoxy) is 2. The number of urea groups is 1. The van der Waals surface area contributed by atoms with Crippen LogP contribution in [0.2, 0.25) is 10.0 Å². The molecule has 1 heterocycles. The van der Waals surface area contributed by atoms with E-state index in [9.17, 15) is 14.4 Å². The number of imide groups is 2. The first-order chi connectivity index (χ1) is 22.7. The molecule has 5 aliphatic rings. The predicted molar refractivity (Wildman–Crippen MR) is 183 cm³/mol. The molecule has 7 nitrogen and oxygen atoms in total. The number of hydrogen-bond acceptors (Lipinski definition) is 5. The van der Waals surface area contributed by atoms with Gasteiger partial charge in [-0.05, 0) is 127 Å². The van der Waals surface area contributed by atoms with Crippen LogP contribution >= 0.6 is 23.2 Å². The summed E-state index contributed by atoms with van der Waals surface area (Å²) < 4.78 is 11.8. The van der Waals surface area contributed by atoms with Crippen molar-refractivity contribution in [3.63, 3.8) is 0 Å². The molecule has 242 valence electrons. The van der Waals surface area contributed by atoms with Gasteiger partial charge in [-0.25, -0.2) is 9.69 Å². The van der Waals surface area contributed by atoms with E-state index < -0.39 is 17.8 Å². The highest BCUT2D eigenvalue weighted by Gasteiger charge is 2.51. The van der Waals surface area contributed by atoms with E-state index in [1.54, 1.807) is 24.3 Å². The van der Waals surface area contributed by atoms with E-state index in [-0.39, 0.29) is 17.6 Å². The number of barbiturate groups is 1. The zero-order chi connectivity index (χ0) is 32.9. The first-order valence-corrected chi connectivity index (χ1v) is 16.8. The zero-order valence-corrected chi connectivity index (χ0v) is 27.7. The maximum atomic E-state index is 13.8. The van der Waals surface area contributed by atoms with Crippen LogP contribution < -0.4 is 19.7 Å². The van der Waals surface area contributed by atoms with Gasteiger partial charge in [0, 0.05) is 5.56 Å². The standard InChI is InChI=1S/C38H36Cl2N2O5/c1-3-4-27-14-23(17-33(46-2)34(27)47-21-22-5-10-31(39)32(40)16-22)15-30-35(43)41-37(45)42(36(30)44)29-8-6-28(7-9-29)38-18-24-11-25(19-38)13-26(12-24)20-38/h3,5-10,14-17,24-26H,1,4,11-13,18-21H2,2H3,(H,41,43,45)/b30-15+. The van der Waals surface area contributed by atoms with Crippen molar-refractivity contribution in [3.8, 4) is 11.5 Å². The van der Waals surface area contributed by atoms with Crippen LogP contribution in [0.15, 0.2) is 72.8 Å². The normalized spacial score (nSPS) is 25.7. The Balaban J connectivity index is 1.15. The van der Waals surface area contributed by atoms with Gasteiger partial charge in [-0.15, -0.1) is 6.58 Å². The molecule has 47 heavy (non-hydrogen) atoms. The van der Waals surface area contributed by atoms with Crippen molar-refractivity contribution in [2.24, 2.45) is 17.8 Å². The summed E-state index contributed by atoms with van der Waals surface area (Å²) in [5, 5.41) is 3.22. The molecule has 4 aliphatic carbocycles. The number of methoxy groups -OCH3 is 1. The lowest BCUT2D eigenvalue weighted by atomic mass is 9.48. The fourth-order valence-electron chi connectivity index (χ4n) is 8.66. The first kappa shape index (κ1) is 31.5. The highest BCUT2D eigenvalue weighted by molar-refractivity contribution is 6.42. The molecule has 0 unspecified atom stereocenters. The van der Waals surface area contributed by atoms with E-state index in [1.165, 1.54) is 57.3 Å². The average molecular weight is 672 g/mol. The molecule has 0 aromatic heterocycles. The number of carbonyl (C=O) groups is 3. The minimum Gasteiger partial charge on any atom is -0.493 e. The molecular formula is C38H36Cl2N2O5. The number of carbonyl (C=O) groups excluding carboxylic acids is 3. The second-order valence-electron chi connectivity index (χ2n) is 13.4. The van der Waals surface area contributed by atoms with Crippen LogP contribution in [-0.4, -0.2) is 25.0 Å². The van der Waals surface area contributed by atoms with Crippen LogP contribution in [0.25, 0.3) is 6.08 Å². The monoisotopic (exact) mass is 670 g/mol. The summed E-state index contributed by atoms with van der Waals surface area (Å²) in [6.45, 7) is 4.07. The Morgan fingerprint density at radius 3 is 2.23 bits per heavy atom. The van der Waals surface area contributed by atoms with Gasteiger partial charge in [0.2, 0.25) is 0 Å². The maximum absolute atomic E-state index is 13.8. The zero-order valence-electron chi connectivity index (χ0n) is 26.2. The van der Waals surface area contributed by atoms with Crippen molar-refractivity contribution in [1.82, 2.24) is 5.32 Å². The summed E-state index contributed by atoms with van der Waals surface area (Å²) in [7, 11) is 1.52. The summed E-state index contributed by atoms with van der Waals surface area (Å²) in [4.78, 5) is 40.8. The van der Waals surface area contributed by atoms with E-state index in [0.29, 0.717) is 39.2 Å². The minimum atomic E-state index is -0.768. The van der Waals surface area contributed by atoms with Crippen LogP contribution in [0.3, 0.4) is 0 Å². The molecule has 9 heteroatoms. The molecule has 4 bridgehead atoms. The Kier molecular flexibility index (Phi) is 8.39. The first-order valence-electron chi connectivity index (χ1n) is 16.1. The topological polar surface area (TPSA) is 84.9 Å². The van der Waals surface area contributed by atoms with E-state index in [2.05, 4.69) is 24.0 Å². The van der Waals surface area contributed by atoms with Gasteiger partial charge in [0.15, 0.2) is 11.5 Å². The summed E-state index contributed by atoms with van der Waals surface area (Å²) in [6.07, 6.45) is 11.4. The number of anilines is 1. The van der Waals surface area contributed by atoms with Crippen LogP contribution in [0, 0.1) is 17.8 Å². The number of hydrogen-bond donors (Lipinski definition) is 1. The number of benzene rings is 3. The number of rotatable bonds is 9. The third kappa shape index (κ3) is 5.96. The van der Waals surface area contributed by atoms with Crippen molar-refractivity contribution in [1.29, 1.82) is 0 Å². The van der Waals surface area contributed by atoms with E-state index in [0.717, 1.165) is 33.8 Å². The smallest absolute Gasteiger partial charge is 0.335 e. The molecule has 4 saturated carbocycles. The summed E-state index contributed by atoms with van der Waals surface area (Å²) >= 11 is 12.2. The molecule has 1 N–H and O–H groups in total. The molecule has 3 aromatic rings.